The minimum atomic E-state index is 0.333. The van der Waals surface area contributed by atoms with Gasteiger partial charge in [0.25, 0.3) is 0 Å². The molecule has 3 nitrogen and oxygen atoms in total. The summed E-state index contributed by atoms with van der Waals surface area (Å²) in [5.74, 6) is 0. The standard InChI is InChI=1S/C11H8BrClN2O/c1-7-8(6-16)11(13)15(14-7)10-5-3-2-4-9(10)12/h2-6H,1H3. The number of nitrogens with zero attached hydrogens (tertiary/aromatic N) is 2. The van der Waals surface area contributed by atoms with Crippen molar-refractivity contribution >= 4 is 33.8 Å². The van der Waals surface area contributed by atoms with Crippen LogP contribution in [0.3, 0.4) is 0 Å². The molecule has 0 aliphatic heterocycles. The molecule has 0 radical (unpaired) electrons. The van der Waals surface area contributed by atoms with E-state index in [9.17, 15) is 4.79 Å². The predicted octanol–water partition coefficient (Wildman–Crippen LogP) is 3.41. The third-order valence-corrected chi connectivity index (χ3v) is 3.28. The van der Waals surface area contributed by atoms with Gasteiger partial charge in [0.1, 0.15) is 5.15 Å². The van der Waals surface area contributed by atoms with E-state index in [1.165, 1.54) is 0 Å². The van der Waals surface area contributed by atoms with Crippen molar-refractivity contribution in [2.75, 3.05) is 0 Å². The first-order chi connectivity index (χ1) is 7.65. The van der Waals surface area contributed by atoms with Gasteiger partial charge in [-0.2, -0.15) is 5.10 Å². The van der Waals surface area contributed by atoms with Crippen LogP contribution in [-0.2, 0) is 0 Å². The Hall–Kier alpha value is -1.13. The molecule has 0 atom stereocenters. The molecule has 16 heavy (non-hydrogen) atoms. The molecule has 0 bridgehead atoms. The molecule has 1 aromatic heterocycles. The van der Waals surface area contributed by atoms with E-state index in [1.807, 2.05) is 24.3 Å². The van der Waals surface area contributed by atoms with Crippen LogP contribution in [0.5, 0.6) is 0 Å². The number of para-hydroxylation sites is 1. The molecule has 2 aromatic rings. The third-order valence-electron chi connectivity index (χ3n) is 2.25. The van der Waals surface area contributed by atoms with E-state index < -0.39 is 0 Å². The summed E-state index contributed by atoms with van der Waals surface area (Å²) in [6.45, 7) is 1.75. The predicted molar refractivity (Wildman–Crippen MR) is 66.4 cm³/mol. The van der Waals surface area contributed by atoms with E-state index in [1.54, 1.807) is 11.6 Å². The third kappa shape index (κ3) is 1.79. The normalized spacial score (nSPS) is 10.4. The molecule has 5 heteroatoms. The van der Waals surface area contributed by atoms with Gasteiger partial charge in [-0.25, -0.2) is 4.68 Å². The Morgan fingerprint density at radius 3 is 2.69 bits per heavy atom. The average molecular weight is 300 g/mol. The second-order valence-electron chi connectivity index (χ2n) is 3.27. The lowest BCUT2D eigenvalue weighted by molar-refractivity contribution is 0.112. The van der Waals surface area contributed by atoms with E-state index >= 15 is 0 Å². The number of halogens is 2. The minimum Gasteiger partial charge on any atom is -0.298 e. The topological polar surface area (TPSA) is 34.9 Å². The maximum atomic E-state index is 10.8. The Balaban J connectivity index is 2.66. The molecule has 0 aliphatic rings. The van der Waals surface area contributed by atoms with Gasteiger partial charge in [0.2, 0.25) is 0 Å². The molecule has 0 N–H and O–H groups in total. The van der Waals surface area contributed by atoms with Crippen molar-refractivity contribution in [1.29, 1.82) is 0 Å². The summed E-state index contributed by atoms with van der Waals surface area (Å²) < 4.78 is 2.42. The number of carbonyl (C=O) groups excluding carboxylic acids is 1. The summed E-state index contributed by atoms with van der Waals surface area (Å²) in [6, 6.07) is 7.55. The number of rotatable bonds is 2. The molecule has 2 rings (SSSR count). The summed E-state index contributed by atoms with van der Waals surface area (Å²) in [7, 11) is 0. The highest BCUT2D eigenvalue weighted by Gasteiger charge is 2.14. The van der Waals surface area contributed by atoms with Gasteiger partial charge in [-0.15, -0.1) is 0 Å². The molecular weight excluding hydrogens is 291 g/mol. The monoisotopic (exact) mass is 298 g/mol. The molecule has 0 saturated heterocycles. The van der Waals surface area contributed by atoms with Crippen LogP contribution in [0.2, 0.25) is 5.15 Å². The fourth-order valence-electron chi connectivity index (χ4n) is 1.43. The average Bonchev–Trinajstić information content (AvgIpc) is 2.55. The molecule has 82 valence electrons. The maximum absolute atomic E-state index is 10.8. The van der Waals surface area contributed by atoms with Gasteiger partial charge in [0.15, 0.2) is 6.29 Å². The molecule has 1 aromatic carbocycles. The quantitative estimate of drug-likeness (QED) is 0.797. The summed E-state index contributed by atoms with van der Waals surface area (Å²) in [5, 5.41) is 4.57. The SMILES string of the molecule is Cc1nn(-c2ccccc2Br)c(Cl)c1C=O. The Labute approximate surface area is 106 Å². The van der Waals surface area contributed by atoms with E-state index in [0.717, 1.165) is 16.4 Å². The van der Waals surface area contributed by atoms with Crippen LogP contribution in [0.4, 0.5) is 0 Å². The molecule has 0 aliphatic carbocycles. The van der Waals surface area contributed by atoms with E-state index in [2.05, 4.69) is 21.0 Å². The van der Waals surface area contributed by atoms with Gasteiger partial charge < -0.3 is 0 Å². The number of aromatic nitrogens is 2. The number of hydrogen-bond acceptors (Lipinski definition) is 2. The van der Waals surface area contributed by atoms with Crippen molar-refractivity contribution < 1.29 is 4.79 Å². The molecule has 0 saturated carbocycles. The number of hydrogen-bond donors (Lipinski definition) is 0. The van der Waals surface area contributed by atoms with Crippen LogP contribution in [-0.4, -0.2) is 16.1 Å². The Bertz CT molecular complexity index is 551. The zero-order valence-corrected chi connectivity index (χ0v) is 10.8. The van der Waals surface area contributed by atoms with Gasteiger partial charge >= 0.3 is 0 Å². The van der Waals surface area contributed by atoms with Crippen LogP contribution in [0.15, 0.2) is 28.7 Å². The molecule has 0 spiro atoms. The van der Waals surface area contributed by atoms with Crippen molar-refractivity contribution in [2.24, 2.45) is 0 Å². The fourth-order valence-corrected chi connectivity index (χ4v) is 2.19. The molecular formula is C11H8BrClN2O. The van der Waals surface area contributed by atoms with E-state index in [-0.39, 0.29) is 0 Å². The molecule has 0 amide bonds. The van der Waals surface area contributed by atoms with Crippen LogP contribution >= 0.6 is 27.5 Å². The second kappa shape index (κ2) is 4.39. The summed E-state index contributed by atoms with van der Waals surface area (Å²) >= 11 is 9.50. The smallest absolute Gasteiger partial charge is 0.155 e. The largest absolute Gasteiger partial charge is 0.298 e. The van der Waals surface area contributed by atoms with Crippen molar-refractivity contribution in [3.8, 4) is 5.69 Å². The lowest BCUT2D eigenvalue weighted by atomic mass is 10.3. The van der Waals surface area contributed by atoms with Crippen molar-refractivity contribution in [3.63, 3.8) is 0 Å². The Morgan fingerprint density at radius 2 is 2.12 bits per heavy atom. The lowest BCUT2D eigenvalue weighted by Gasteiger charge is -2.04. The first kappa shape index (κ1) is 11.4. The van der Waals surface area contributed by atoms with Crippen molar-refractivity contribution in [2.45, 2.75) is 6.92 Å². The zero-order chi connectivity index (χ0) is 11.7. The molecule has 0 fully saturated rings. The van der Waals surface area contributed by atoms with Gasteiger partial charge in [0.05, 0.1) is 16.9 Å². The highest BCUT2D eigenvalue weighted by molar-refractivity contribution is 9.10. The number of aldehydes is 1. The van der Waals surface area contributed by atoms with E-state index in [4.69, 9.17) is 11.6 Å². The zero-order valence-electron chi connectivity index (χ0n) is 8.45. The first-order valence-corrected chi connectivity index (χ1v) is 5.77. The van der Waals surface area contributed by atoms with Crippen LogP contribution in [0, 0.1) is 6.92 Å². The Morgan fingerprint density at radius 1 is 1.44 bits per heavy atom. The summed E-state index contributed by atoms with van der Waals surface area (Å²) in [5.41, 5.74) is 1.86. The second-order valence-corrected chi connectivity index (χ2v) is 4.48. The lowest BCUT2D eigenvalue weighted by Crippen LogP contribution is -1.97. The maximum Gasteiger partial charge on any atom is 0.155 e. The highest BCUT2D eigenvalue weighted by Crippen LogP contribution is 2.26. The fraction of sp³-hybridized carbons (Fsp3) is 0.0909. The van der Waals surface area contributed by atoms with Gasteiger partial charge in [-0.3, -0.25) is 4.79 Å². The Kier molecular flexibility index (Phi) is 3.12. The summed E-state index contributed by atoms with van der Waals surface area (Å²) in [4.78, 5) is 10.8. The molecule has 0 unspecified atom stereocenters. The number of carbonyl (C=O) groups is 1. The molecule has 1 heterocycles. The number of benzene rings is 1. The van der Waals surface area contributed by atoms with Crippen molar-refractivity contribution in [3.05, 3.63) is 45.1 Å². The number of aryl methyl sites for hydroxylation is 1. The van der Waals surface area contributed by atoms with Crippen LogP contribution in [0.1, 0.15) is 16.1 Å². The minimum absolute atomic E-state index is 0.333. The van der Waals surface area contributed by atoms with Gasteiger partial charge in [-0.05, 0) is 35.0 Å². The van der Waals surface area contributed by atoms with E-state index in [0.29, 0.717) is 16.4 Å². The van der Waals surface area contributed by atoms with Crippen LogP contribution < -0.4 is 0 Å². The van der Waals surface area contributed by atoms with Gasteiger partial charge in [-0.1, -0.05) is 23.7 Å². The highest BCUT2D eigenvalue weighted by atomic mass is 79.9. The van der Waals surface area contributed by atoms with Crippen molar-refractivity contribution in [1.82, 2.24) is 9.78 Å². The first-order valence-electron chi connectivity index (χ1n) is 4.60. The summed E-state index contributed by atoms with van der Waals surface area (Å²) in [6.07, 6.45) is 0.720. The van der Waals surface area contributed by atoms with Gasteiger partial charge in [0, 0.05) is 4.47 Å². The van der Waals surface area contributed by atoms with Crippen LogP contribution in [0.25, 0.3) is 5.69 Å².